The van der Waals surface area contributed by atoms with E-state index in [1.54, 1.807) is 6.20 Å². The van der Waals surface area contributed by atoms with Crippen LogP contribution in [0.5, 0.6) is 0 Å². The van der Waals surface area contributed by atoms with Crippen LogP contribution in [0.3, 0.4) is 0 Å². The molecule has 26 heavy (non-hydrogen) atoms. The van der Waals surface area contributed by atoms with E-state index in [1.807, 2.05) is 68.4 Å². The Morgan fingerprint density at radius 3 is 2.54 bits per heavy atom. The van der Waals surface area contributed by atoms with Gasteiger partial charge in [0.1, 0.15) is 4.88 Å². The molecule has 3 rings (SSSR count). The van der Waals surface area contributed by atoms with Crippen molar-refractivity contribution in [2.75, 3.05) is 24.3 Å². The van der Waals surface area contributed by atoms with Crippen LogP contribution >= 0.6 is 11.3 Å². The van der Waals surface area contributed by atoms with Gasteiger partial charge in [0.2, 0.25) is 0 Å². The van der Waals surface area contributed by atoms with Gasteiger partial charge in [0, 0.05) is 43.8 Å². The fourth-order valence-corrected chi connectivity index (χ4v) is 3.54. The van der Waals surface area contributed by atoms with E-state index >= 15 is 0 Å². The van der Waals surface area contributed by atoms with Crippen LogP contribution in [-0.2, 0) is 12.8 Å². The molecule has 0 fully saturated rings. The van der Waals surface area contributed by atoms with E-state index in [-0.39, 0.29) is 5.91 Å². The molecule has 0 aliphatic heterocycles. The van der Waals surface area contributed by atoms with Crippen molar-refractivity contribution < 1.29 is 4.79 Å². The lowest BCUT2D eigenvalue weighted by atomic mass is 10.2. The molecule has 1 aromatic carbocycles. The summed E-state index contributed by atoms with van der Waals surface area (Å²) in [4.78, 5) is 24.1. The Hall–Kier alpha value is -2.73. The molecule has 0 atom stereocenters. The third kappa shape index (κ3) is 4.46. The highest BCUT2D eigenvalue weighted by Gasteiger charge is 2.15. The van der Waals surface area contributed by atoms with Gasteiger partial charge in [-0.3, -0.25) is 9.78 Å². The Morgan fingerprint density at radius 2 is 1.88 bits per heavy atom. The molecule has 5 nitrogen and oxygen atoms in total. The van der Waals surface area contributed by atoms with Gasteiger partial charge in [-0.25, -0.2) is 4.98 Å². The predicted octanol–water partition coefficient (Wildman–Crippen LogP) is 3.95. The summed E-state index contributed by atoms with van der Waals surface area (Å²) in [7, 11) is 3.97. The molecule has 2 aromatic heterocycles. The Balaban J connectivity index is 1.65. The maximum atomic E-state index is 12.6. The summed E-state index contributed by atoms with van der Waals surface area (Å²) in [6, 6.07) is 13.7. The first-order valence-corrected chi connectivity index (χ1v) is 9.29. The number of benzene rings is 1. The maximum Gasteiger partial charge on any atom is 0.267 e. The van der Waals surface area contributed by atoms with Gasteiger partial charge < -0.3 is 10.2 Å². The van der Waals surface area contributed by atoms with Crippen LogP contribution in [0.2, 0.25) is 0 Å². The molecule has 2 heterocycles. The maximum absolute atomic E-state index is 12.6. The van der Waals surface area contributed by atoms with Crippen molar-refractivity contribution in [3.63, 3.8) is 0 Å². The number of hydrogen-bond donors (Lipinski definition) is 1. The van der Waals surface area contributed by atoms with Gasteiger partial charge >= 0.3 is 0 Å². The second kappa shape index (κ2) is 8.10. The number of thiazole rings is 1. The van der Waals surface area contributed by atoms with E-state index in [0.717, 1.165) is 40.6 Å². The zero-order valence-corrected chi connectivity index (χ0v) is 16.0. The zero-order valence-electron chi connectivity index (χ0n) is 15.2. The van der Waals surface area contributed by atoms with E-state index in [0.29, 0.717) is 4.88 Å². The first-order valence-electron chi connectivity index (χ1n) is 8.48. The van der Waals surface area contributed by atoms with Crippen molar-refractivity contribution in [1.29, 1.82) is 0 Å². The highest BCUT2D eigenvalue weighted by molar-refractivity contribution is 7.13. The Kier molecular flexibility index (Phi) is 5.63. The Morgan fingerprint density at radius 1 is 1.12 bits per heavy atom. The molecule has 0 spiro atoms. The number of rotatable bonds is 6. The largest absolute Gasteiger partial charge is 0.378 e. The molecule has 3 aromatic rings. The molecule has 134 valence electrons. The number of hydrogen-bond acceptors (Lipinski definition) is 5. The van der Waals surface area contributed by atoms with Gasteiger partial charge in [0.15, 0.2) is 0 Å². The molecule has 0 radical (unpaired) electrons. The SMILES string of the molecule is Cc1nc(CCc2ccccn2)sc1C(=O)Nc1ccc(N(C)C)cc1. The van der Waals surface area contributed by atoms with Crippen LogP contribution in [0.1, 0.15) is 26.1 Å². The summed E-state index contributed by atoms with van der Waals surface area (Å²) < 4.78 is 0. The van der Waals surface area contributed by atoms with Gasteiger partial charge in [-0.05, 0) is 49.7 Å². The van der Waals surface area contributed by atoms with Crippen LogP contribution in [0.4, 0.5) is 11.4 Å². The topological polar surface area (TPSA) is 58.1 Å². The molecular weight excluding hydrogens is 344 g/mol. The average molecular weight is 366 g/mol. The minimum atomic E-state index is -0.110. The normalized spacial score (nSPS) is 10.6. The third-order valence-corrected chi connectivity index (χ3v) is 5.23. The molecule has 1 N–H and O–H groups in total. The lowest BCUT2D eigenvalue weighted by Crippen LogP contribution is -2.12. The van der Waals surface area contributed by atoms with E-state index in [2.05, 4.69) is 15.3 Å². The minimum absolute atomic E-state index is 0.110. The number of anilines is 2. The second-order valence-corrected chi connectivity index (χ2v) is 7.32. The van der Waals surface area contributed by atoms with Crippen molar-refractivity contribution in [2.45, 2.75) is 19.8 Å². The van der Waals surface area contributed by atoms with Gasteiger partial charge in [0.25, 0.3) is 5.91 Å². The molecule has 0 aliphatic carbocycles. The van der Waals surface area contributed by atoms with Gasteiger partial charge in [-0.1, -0.05) is 6.07 Å². The molecule has 6 heteroatoms. The van der Waals surface area contributed by atoms with Crippen molar-refractivity contribution in [2.24, 2.45) is 0 Å². The highest BCUT2D eigenvalue weighted by atomic mass is 32.1. The summed E-state index contributed by atoms with van der Waals surface area (Å²) in [5.74, 6) is -0.110. The number of nitrogens with one attached hydrogen (secondary N) is 1. The summed E-state index contributed by atoms with van der Waals surface area (Å²) >= 11 is 1.45. The van der Waals surface area contributed by atoms with E-state index in [4.69, 9.17) is 0 Å². The molecule has 0 saturated carbocycles. The van der Waals surface area contributed by atoms with Crippen molar-refractivity contribution >= 4 is 28.6 Å². The van der Waals surface area contributed by atoms with Crippen LogP contribution < -0.4 is 10.2 Å². The number of aryl methyl sites for hydroxylation is 3. The van der Waals surface area contributed by atoms with Crippen LogP contribution in [-0.4, -0.2) is 30.0 Å². The molecule has 0 saturated heterocycles. The smallest absolute Gasteiger partial charge is 0.267 e. The number of nitrogens with zero attached hydrogens (tertiary/aromatic N) is 3. The number of amides is 1. The molecule has 0 bridgehead atoms. The summed E-state index contributed by atoms with van der Waals surface area (Å²) in [6.45, 7) is 1.88. The predicted molar refractivity (Wildman–Crippen MR) is 107 cm³/mol. The van der Waals surface area contributed by atoms with Gasteiger partial charge in [-0.15, -0.1) is 11.3 Å². The number of carbonyl (C=O) groups excluding carboxylic acids is 1. The summed E-state index contributed by atoms with van der Waals surface area (Å²) in [5, 5.41) is 3.91. The van der Waals surface area contributed by atoms with E-state index in [1.165, 1.54) is 11.3 Å². The lowest BCUT2D eigenvalue weighted by molar-refractivity contribution is 0.103. The lowest BCUT2D eigenvalue weighted by Gasteiger charge is -2.12. The van der Waals surface area contributed by atoms with Crippen molar-refractivity contribution in [3.05, 3.63) is 69.9 Å². The zero-order chi connectivity index (χ0) is 18.5. The number of aromatic nitrogens is 2. The number of pyridine rings is 1. The minimum Gasteiger partial charge on any atom is -0.378 e. The van der Waals surface area contributed by atoms with Gasteiger partial charge in [0.05, 0.1) is 10.7 Å². The third-order valence-electron chi connectivity index (χ3n) is 4.01. The fraction of sp³-hybridized carbons (Fsp3) is 0.250. The van der Waals surface area contributed by atoms with Crippen LogP contribution in [0, 0.1) is 6.92 Å². The molecule has 0 unspecified atom stereocenters. The molecular formula is C20H22N4OS. The van der Waals surface area contributed by atoms with Crippen molar-refractivity contribution in [3.8, 4) is 0 Å². The fourth-order valence-electron chi connectivity index (χ4n) is 2.58. The average Bonchev–Trinajstić information content (AvgIpc) is 3.02. The summed E-state index contributed by atoms with van der Waals surface area (Å²) in [6.07, 6.45) is 3.40. The van der Waals surface area contributed by atoms with Crippen molar-refractivity contribution in [1.82, 2.24) is 9.97 Å². The van der Waals surface area contributed by atoms with Gasteiger partial charge in [-0.2, -0.15) is 0 Å². The Bertz CT molecular complexity index is 873. The molecule has 1 amide bonds. The standard InChI is InChI=1S/C20H22N4OS/c1-14-19(20(25)23-16-7-10-17(11-8-16)24(2)3)26-18(22-14)12-9-15-6-4-5-13-21-15/h4-8,10-11,13H,9,12H2,1-3H3,(H,23,25). The quantitative estimate of drug-likeness (QED) is 0.718. The molecule has 0 aliphatic rings. The van der Waals surface area contributed by atoms with E-state index < -0.39 is 0 Å². The highest BCUT2D eigenvalue weighted by Crippen LogP contribution is 2.22. The van der Waals surface area contributed by atoms with Crippen LogP contribution in [0.25, 0.3) is 0 Å². The summed E-state index contributed by atoms with van der Waals surface area (Å²) in [5.41, 5.74) is 3.68. The monoisotopic (exact) mass is 366 g/mol. The second-order valence-electron chi connectivity index (χ2n) is 6.24. The van der Waals surface area contributed by atoms with Crippen LogP contribution in [0.15, 0.2) is 48.7 Å². The Labute approximate surface area is 157 Å². The first kappa shape index (κ1) is 18.1. The van der Waals surface area contributed by atoms with E-state index in [9.17, 15) is 4.79 Å². The first-order chi connectivity index (χ1) is 12.5. The number of carbonyl (C=O) groups is 1.